The molecule has 1 saturated heterocycles. The second kappa shape index (κ2) is 9.60. The van der Waals surface area contributed by atoms with E-state index in [0.717, 1.165) is 45.7 Å². The van der Waals surface area contributed by atoms with Crippen molar-refractivity contribution in [3.63, 3.8) is 0 Å². The number of sulfonamides is 1. The van der Waals surface area contributed by atoms with E-state index in [0.29, 0.717) is 19.2 Å². The van der Waals surface area contributed by atoms with Crippen LogP contribution in [0.4, 0.5) is 18.9 Å². The van der Waals surface area contributed by atoms with E-state index in [2.05, 4.69) is 5.32 Å². The Balaban J connectivity index is 1.61. The Hall–Kier alpha value is -2.43. The van der Waals surface area contributed by atoms with Crippen LogP contribution in [0.5, 0.6) is 0 Å². The molecule has 1 heterocycles. The fraction of sp³-hybridized carbons (Fsp3) is 0.409. The molecule has 1 fully saturated rings. The summed E-state index contributed by atoms with van der Waals surface area (Å²) in [5, 5.41) is 2.95. The topological polar surface area (TPSA) is 69.7 Å². The number of piperazine rings is 1. The molecule has 0 spiro atoms. The summed E-state index contributed by atoms with van der Waals surface area (Å²) in [5.74, 6) is -0.191. The summed E-state index contributed by atoms with van der Waals surface area (Å²) < 4.78 is 65.6. The van der Waals surface area contributed by atoms with Crippen molar-refractivity contribution in [2.24, 2.45) is 0 Å². The first-order valence-corrected chi connectivity index (χ1v) is 11.7. The minimum absolute atomic E-state index is 0.0937. The molecule has 0 aliphatic carbocycles. The van der Waals surface area contributed by atoms with Gasteiger partial charge in [0.15, 0.2) is 0 Å². The van der Waals surface area contributed by atoms with Crippen LogP contribution in [-0.4, -0.2) is 56.3 Å². The molecule has 0 atom stereocenters. The standard InChI is InChI=1S/C22H26F3N3O3S/c1-3-17-7-4-6-16(2)21(17)26-20(29)15-27-10-12-28(13-11-27)32(30,31)19-9-5-8-18(14-19)22(23,24)25/h4-9,14H,3,10-13,15H2,1-2H3,(H,26,29). The van der Waals surface area contributed by atoms with Crippen molar-refractivity contribution >= 4 is 21.6 Å². The summed E-state index contributed by atoms with van der Waals surface area (Å²) in [5.41, 5.74) is 1.80. The fourth-order valence-electron chi connectivity index (χ4n) is 3.69. The average molecular weight is 470 g/mol. The summed E-state index contributed by atoms with van der Waals surface area (Å²) in [6.45, 7) is 4.84. The number of hydrogen-bond donors (Lipinski definition) is 1. The van der Waals surface area contributed by atoms with Crippen LogP contribution in [0.1, 0.15) is 23.6 Å². The number of amides is 1. The maximum Gasteiger partial charge on any atom is 0.416 e. The maximum atomic E-state index is 12.9. The van der Waals surface area contributed by atoms with Crippen LogP contribution < -0.4 is 5.32 Å². The molecule has 1 amide bonds. The number of para-hydroxylation sites is 1. The fourth-order valence-corrected chi connectivity index (χ4v) is 5.16. The second-order valence-corrected chi connectivity index (χ2v) is 9.65. The molecule has 0 saturated carbocycles. The summed E-state index contributed by atoms with van der Waals surface area (Å²) in [6, 6.07) is 9.57. The van der Waals surface area contributed by atoms with Gasteiger partial charge in [-0.2, -0.15) is 17.5 Å². The van der Waals surface area contributed by atoms with Gasteiger partial charge in [-0.15, -0.1) is 0 Å². The summed E-state index contributed by atoms with van der Waals surface area (Å²) in [6.07, 6.45) is -3.84. The minimum Gasteiger partial charge on any atom is -0.324 e. The van der Waals surface area contributed by atoms with E-state index < -0.39 is 21.8 Å². The molecule has 0 aromatic heterocycles. The van der Waals surface area contributed by atoms with Crippen molar-refractivity contribution in [1.29, 1.82) is 0 Å². The zero-order chi connectivity index (χ0) is 23.5. The number of aryl methyl sites for hydroxylation is 2. The normalized spacial score (nSPS) is 16.2. The Morgan fingerprint density at radius 3 is 2.34 bits per heavy atom. The van der Waals surface area contributed by atoms with Crippen LogP contribution in [0, 0.1) is 6.92 Å². The molecule has 1 aliphatic rings. The number of nitrogens with zero attached hydrogens (tertiary/aromatic N) is 2. The zero-order valence-electron chi connectivity index (χ0n) is 17.9. The SMILES string of the molecule is CCc1cccc(C)c1NC(=O)CN1CCN(S(=O)(=O)c2cccc(C(F)(F)F)c2)CC1. The monoisotopic (exact) mass is 469 g/mol. The Morgan fingerprint density at radius 1 is 1.06 bits per heavy atom. The molecule has 3 rings (SSSR count). The molecular formula is C22H26F3N3O3S. The number of hydrogen-bond acceptors (Lipinski definition) is 4. The van der Waals surface area contributed by atoms with Gasteiger partial charge < -0.3 is 5.32 Å². The van der Waals surface area contributed by atoms with Crippen LogP contribution >= 0.6 is 0 Å². The lowest BCUT2D eigenvalue weighted by atomic mass is 10.1. The van der Waals surface area contributed by atoms with E-state index in [9.17, 15) is 26.4 Å². The Labute approximate surface area is 186 Å². The molecule has 6 nitrogen and oxygen atoms in total. The third-order valence-corrected chi connectivity index (χ3v) is 7.40. The van der Waals surface area contributed by atoms with E-state index >= 15 is 0 Å². The summed E-state index contributed by atoms with van der Waals surface area (Å²) in [7, 11) is -4.05. The zero-order valence-corrected chi connectivity index (χ0v) is 18.8. The van der Waals surface area contributed by atoms with Crippen LogP contribution in [0.15, 0.2) is 47.4 Å². The van der Waals surface area contributed by atoms with E-state index in [4.69, 9.17) is 0 Å². The molecule has 1 aliphatic heterocycles. The summed E-state index contributed by atoms with van der Waals surface area (Å²) >= 11 is 0. The van der Waals surface area contributed by atoms with Crippen LogP contribution in [0.25, 0.3) is 0 Å². The Morgan fingerprint density at radius 2 is 1.72 bits per heavy atom. The quantitative estimate of drug-likeness (QED) is 0.703. The smallest absolute Gasteiger partial charge is 0.324 e. The predicted molar refractivity (Wildman–Crippen MR) is 116 cm³/mol. The van der Waals surface area contributed by atoms with Crippen molar-refractivity contribution in [1.82, 2.24) is 9.21 Å². The van der Waals surface area contributed by atoms with Gasteiger partial charge in [0.25, 0.3) is 0 Å². The van der Waals surface area contributed by atoms with Gasteiger partial charge in [-0.05, 0) is 42.7 Å². The van der Waals surface area contributed by atoms with E-state index in [1.165, 1.54) is 0 Å². The first-order chi connectivity index (χ1) is 15.0. The number of benzene rings is 2. The van der Waals surface area contributed by atoms with Crippen molar-refractivity contribution in [3.05, 3.63) is 59.2 Å². The minimum atomic E-state index is -4.62. The van der Waals surface area contributed by atoms with Gasteiger partial charge in [-0.1, -0.05) is 31.2 Å². The molecule has 32 heavy (non-hydrogen) atoms. The Bertz CT molecular complexity index is 1080. The molecule has 10 heteroatoms. The van der Waals surface area contributed by atoms with Gasteiger partial charge in [0.05, 0.1) is 17.0 Å². The largest absolute Gasteiger partial charge is 0.416 e. The molecule has 2 aromatic carbocycles. The molecular weight excluding hydrogens is 443 g/mol. The molecule has 0 bridgehead atoms. The number of nitrogens with one attached hydrogen (secondary N) is 1. The highest BCUT2D eigenvalue weighted by atomic mass is 32.2. The van der Waals surface area contributed by atoms with Crippen LogP contribution in [-0.2, 0) is 27.4 Å². The number of rotatable bonds is 6. The van der Waals surface area contributed by atoms with E-state index in [-0.39, 0.29) is 30.4 Å². The summed E-state index contributed by atoms with van der Waals surface area (Å²) in [4.78, 5) is 14.0. The third-order valence-electron chi connectivity index (χ3n) is 5.50. The average Bonchev–Trinajstić information content (AvgIpc) is 2.75. The second-order valence-electron chi connectivity index (χ2n) is 7.72. The highest BCUT2D eigenvalue weighted by molar-refractivity contribution is 7.89. The lowest BCUT2D eigenvalue weighted by Gasteiger charge is -2.33. The van der Waals surface area contributed by atoms with Crippen molar-refractivity contribution in [2.45, 2.75) is 31.3 Å². The van der Waals surface area contributed by atoms with Crippen molar-refractivity contribution in [3.8, 4) is 0 Å². The number of carbonyl (C=O) groups excluding carboxylic acids is 1. The van der Waals surface area contributed by atoms with Crippen molar-refractivity contribution < 1.29 is 26.4 Å². The van der Waals surface area contributed by atoms with Gasteiger partial charge in [-0.25, -0.2) is 8.42 Å². The van der Waals surface area contributed by atoms with E-state index in [1.807, 2.05) is 36.9 Å². The number of halogens is 3. The van der Waals surface area contributed by atoms with Crippen molar-refractivity contribution in [2.75, 3.05) is 38.0 Å². The molecule has 0 radical (unpaired) electrons. The van der Waals surface area contributed by atoms with Gasteiger partial charge in [0.2, 0.25) is 15.9 Å². The van der Waals surface area contributed by atoms with Crippen LogP contribution in [0.3, 0.4) is 0 Å². The van der Waals surface area contributed by atoms with Gasteiger partial charge >= 0.3 is 6.18 Å². The van der Waals surface area contributed by atoms with Gasteiger partial charge in [0, 0.05) is 31.9 Å². The third kappa shape index (κ3) is 5.48. The number of alkyl halides is 3. The van der Waals surface area contributed by atoms with E-state index in [1.54, 1.807) is 0 Å². The van der Waals surface area contributed by atoms with Gasteiger partial charge in [0.1, 0.15) is 0 Å². The van der Waals surface area contributed by atoms with Crippen LogP contribution in [0.2, 0.25) is 0 Å². The van der Waals surface area contributed by atoms with Gasteiger partial charge in [-0.3, -0.25) is 9.69 Å². The lowest BCUT2D eigenvalue weighted by Crippen LogP contribution is -2.50. The first-order valence-electron chi connectivity index (χ1n) is 10.3. The molecule has 2 aromatic rings. The Kier molecular flexibility index (Phi) is 7.26. The molecule has 0 unspecified atom stereocenters. The number of carbonyl (C=O) groups is 1. The molecule has 1 N–H and O–H groups in total. The number of anilines is 1. The molecule has 174 valence electrons. The first kappa shape index (κ1) is 24.2. The maximum absolute atomic E-state index is 12.9. The highest BCUT2D eigenvalue weighted by Crippen LogP contribution is 2.31. The predicted octanol–water partition coefficient (Wildman–Crippen LogP) is 3.52. The lowest BCUT2D eigenvalue weighted by molar-refractivity contribution is -0.137. The highest BCUT2D eigenvalue weighted by Gasteiger charge is 2.34.